The predicted octanol–water partition coefficient (Wildman–Crippen LogP) is 1.10. The molecule has 2 aromatic rings. The summed E-state index contributed by atoms with van der Waals surface area (Å²) in [5.74, 6) is 0.480. The Morgan fingerprint density at radius 1 is 1.37 bits per heavy atom. The number of nitrogens with one attached hydrogen (secondary N) is 1. The quantitative estimate of drug-likeness (QED) is 0.631. The SMILES string of the molecule is Cc1cc(C(=N)N)nc(N(C)Cc2ccccn2)n1. The van der Waals surface area contributed by atoms with Crippen LogP contribution in [0.2, 0.25) is 0 Å². The number of aromatic nitrogens is 3. The van der Waals surface area contributed by atoms with E-state index in [1.807, 2.05) is 37.1 Å². The third-order valence-electron chi connectivity index (χ3n) is 2.59. The molecule has 6 heteroatoms. The van der Waals surface area contributed by atoms with E-state index in [2.05, 4.69) is 15.0 Å². The van der Waals surface area contributed by atoms with E-state index in [4.69, 9.17) is 11.1 Å². The van der Waals surface area contributed by atoms with Crippen molar-refractivity contribution in [3.63, 3.8) is 0 Å². The zero-order valence-electron chi connectivity index (χ0n) is 11.0. The maximum absolute atomic E-state index is 7.45. The van der Waals surface area contributed by atoms with E-state index in [9.17, 15) is 0 Å². The van der Waals surface area contributed by atoms with E-state index in [1.165, 1.54) is 0 Å². The number of rotatable bonds is 4. The average molecular weight is 256 g/mol. The first-order chi connectivity index (χ1) is 9.06. The van der Waals surface area contributed by atoms with Crippen LogP contribution >= 0.6 is 0 Å². The maximum Gasteiger partial charge on any atom is 0.226 e. The highest BCUT2D eigenvalue weighted by molar-refractivity contribution is 5.93. The fourth-order valence-electron chi connectivity index (χ4n) is 1.67. The van der Waals surface area contributed by atoms with Crippen LogP contribution in [0, 0.1) is 12.3 Å². The third-order valence-corrected chi connectivity index (χ3v) is 2.59. The van der Waals surface area contributed by atoms with Crippen molar-refractivity contribution in [2.75, 3.05) is 11.9 Å². The number of nitrogen functional groups attached to an aromatic ring is 1. The number of aryl methyl sites for hydroxylation is 1. The molecule has 0 aromatic carbocycles. The summed E-state index contributed by atoms with van der Waals surface area (Å²) >= 11 is 0. The van der Waals surface area contributed by atoms with Gasteiger partial charge in [0.1, 0.15) is 11.5 Å². The molecule has 0 amide bonds. The van der Waals surface area contributed by atoms with Crippen LogP contribution in [-0.4, -0.2) is 27.8 Å². The molecule has 0 fully saturated rings. The van der Waals surface area contributed by atoms with Crippen molar-refractivity contribution >= 4 is 11.8 Å². The Bertz CT molecular complexity index is 581. The van der Waals surface area contributed by atoms with E-state index in [-0.39, 0.29) is 5.84 Å². The van der Waals surface area contributed by atoms with Gasteiger partial charge in [0, 0.05) is 18.9 Å². The lowest BCUT2D eigenvalue weighted by Crippen LogP contribution is -2.22. The van der Waals surface area contributed by atoms with Crippen molar-refractivity contribution in [1.29, 1.82) is 5.41 Å². The fraction of sp³-hybridized carbons (Fsp3) is 0.231. The van der Waals surface area contributed by atoms with Gasteiger partial charge in [0.05, 0.1) is 12.2 Å². The molecule has 0 spiro atoms. The van der Waals surface area contributed by atoms with Gasteiger partial charge in [0.15, 0.2) is 0 Å². The summed E-state index contributed by atoms with van der Waals surface area (Å²) in [6.45, 7) is 2.45. The van der Waals surface area contributed by atoms with E-state index >= 15 is 0 Å². The molecule has 0 saturated carbocycles. The first-order valence-corrected chi connectivity index (χ1v) is 5.87. The molecular formula is C13H16N6. The Kier molecular flexibility index (Phi) is 3.70. The summed E-state index contributed by atoms with van der Waals surface area (Å²) < 4.78 is 0. The molecular weight excluding hydrogens is 240 g/mol. The van der Waals surface area contributed by atoms with Crippen LogP contribution in [0.25, 0.3) is 0 Å². The Hall–Kier alpha value is -2.50. The molecule has 0 radical (unpaired) electrons. The van der Waals surface area contributed by atoms with Gasteiger partial charge in [-0.25, -0.2) is 9.97 Å². The minimum absolute atomic E-state index is 0.0574. The van der Waals surface area contributed by atoms with Crippen LogP contribution in [0.4, 0.5) is 5.95 Å². The first kappa shape index (κ1) is 12.9. The standard InChI is InChI=1S/C13H16N6/c1-9-7-11(12(14)15)18-13(17-9)19(2)8-10-5-3-4-6-16-10/h3-7H,8H2,1-2H3,(H3,14,15). The molecule has 2 aromatic heterocycles. The lowest BCUT2D eigenvalue weighted by molar-refractivity contribution is 0.834. The van der Waals surface area contributed by atoms with Gasteiger partial charge >= 0.3 is 0 Å². The summed E-state index contributed by atoms with van der Waals surface area (Å²) in [4.78, 5) is 14.8. The van der Waals surface area contributed by atoms with Crippen molar-refractivity contribution in [1.82, 2.24) is 15.0 Å². The van der Waals surface area contributed by atoms with Crippen LogP contribution in [0.5, 0.6) is 0 Å². The summed E-state index contributed by atoms with van der Waals surface area (Å²) in [5, 5.41) is 7.45. The zero-order chi connectivity index (χ0) is 13.8. The van der Waals surface area contributed by atoms with Crippen LogP contribution in [0.15, 0.2) is 30.5 Å². The molecule has 19 heavy (non-hydrogen) atoms. The van der Waals surface area contributed by atoms with Crippen LogP contribution in [-0.2, 0) is 6.54 Å². The minimum atomic E-state index is -0.0574. The minimum Gasteiger partial charge on any atom is -0.382 e. The van der Waals surface area contributed by atoms with E-state index < -0.39 is 0 Å². The molecule has 2 heterocycles. The van der Waals surface area contributed by atoms with Crippen molar-refractivity contribution in [3.05, 3.63) is 47.5 Å². The number of nitrogens with zero attached hydrogens (tertiary/aromatic N) is 4. The van der Waals surface area contributed by atoms with Gasteiger partial charge in [-0.2, -0.15) is 0 Å². The topological polar surface area (TPSA) is 91.8 Å². The summed E-state index contributed by atoms with van der Waals surface area (Å²) in [5.41, 5.74) is 7.62. The van der Waals surface area contributed by atoms with Gasteiger partial charge in [0.2, 0.25) is 5.95 Å². The molecule has 0 atom stereocenters. The Balaban J connectivity index is 2.24. The number of hydrogen-bond acceptors (Lipinski definition) is 5. The Morgan fingerprint density at radius 2 is 2.16 bits per heavy atom. The van der Waals surface area contributed by atoms with Crippen LogP contribution in [0.1, 0.15) is 17.1 Å². The highest BCUT2D eigenvalue weighted by atomic mass is 15.2. The molecule has 98 valence electrons. The van der Waals surface area contributed by atoms with E-state index in [0.29, 0.717) is 18.2 Å². The molecule has 0 aliphatic rings. The number of anilines is 1. The zero-order valence-corrected chi connectivity index (χ0v) is 11.0. The lowest BCUT2D eigenvalue weighted by atomic mass is 10.3. The second kappa shape index (κ2) is 5.43. The summed E-state index contributed by atoms with van der Waals surface area (Å²) in [7, 11) is 1.88. The lowest BCUT2D eigenvalue weighted by Gasteiger charge is -2.17. The molecule has 0 saturated heterocycles. The molecule has 0 aliphatic carbocycles. The van der Waals surface area contributed by atoms with Crippen molar-refractivity contribution in [3.8, 4) is 0 Å². The van der Waals surface area contributed by atoms with Crippen molar-refractivity contribution in [2.24, 2.45) is 5.73 Å². The van der Waals surface area contributed by atoms with Gasteiger partial charge in [-0.05, 0) is 25.1 Å². The smallest absolute Gasteiger partial charge is 0.226 e. The highest BCUT2D eigenvalue weighted by Gasteiger charge is 2.09. The van der Waals surface area contributed by atoms with Gasteiger partial charge in [0.25, 0.3) is 0 Å². The van der Waals surface area contributed by atoms with Gasteiger partial charge in [-0.15, -0.1) is 0 Å². The molecule has 0 bridgehead atoms. The third kappa shape index (κ3) is 3.25. The van der Waals surface area contributed by atoms with Gasteiger partial charge in [-0.3, -0.25) is 10.4 Å². The predicted molar refractivity (Wildman–Crippen MR) is 74.1 cm³/mol. The normalized spacial score (nSPS) is 10.2. The maximum atomic E-state index is 7.45. The second-order valence-electron chi connectivity index (χ2n) is 4.29. The summed E-state index contributed by atoms with van der Waals surface area (Å²) in [6.07, 6.45) is 1.75. The number of pyridine rings is 1. The molecule has 6 nitrogen and oxygen atoms in total. The number of nitrogens with two attached hydrogens (primary N) is 1. The Labute approximate surface area is 111 Å². The number of hydrogen-bond donors (Lipinski definition) is 2. The largest absolute Gasteiger partial charge is 0.382 e. The fourth-order valence-corrected chi connectivity index (χ4v) is 1.67. The van der Waals surface area contributed by atoms with Gasteiger partial charge in [-0.1, -0.05) is 6.07 Å². The molecule has 3 N–H and O–H groups in total. The number of amidine groups is 1. The second-order valence-corrected chi connectivity index (χ2v) is 4.29. The van der Waals surface area contributed by atoms with Gasteiger partial charge < -0.3 is 10.6 Å². The molecule has 0 unspecified atom stereocenters. The van der Waals surface area contributed by atoms with Crippen LogP contribution in [0.3, 0.4) is 0 Å². The van der Waals surface area contributed by atoms with E-state index in [0.717, 1.165) is 11.4 Å². The van der Waals surface area contributed by atoms with Crippen molar-refractivity contribution in [2.45, 2.75) is 13.5 Å². The Morgan fingerprint density at radius 3 is 2.79 bits per heavy atom. The monoisotopic (exact) mass is 256 g/mol. The highest BCUT2D eigenvalue weighted by Crippen LogP contribution is 2.11. The molecule has 0 aliphatic heterocycles. The van der Waals surface area contributed by atoms with Crippen LogP contribution < -0.4 is 10.6 Å². The average Bonchev–Trinajstić information content (AvgIpc) is 2.39. The first-order valence-electron chi connectivity index (χ1n) is 5.87. The molecule has 2 rings (SSSR count). The van der Waals surface area contributed by atoms with E-state index in [1.54, 1.807) is 12.3 Å². The van der Waals surface area contributed by atoms with Crippen molar-refractivity contribution < 1.29 is 0 Å². The summed E-state index contributed by atoms with van der Waals surface area (Å²) in [6, 6.07) is 7.45.